The third-order valence-electron chi connectivity index (χ3n) is 6.52. The third kappa shape index (κ3) is 3.10. The highest BCUT2D eigenvalue weighted by atomic mass is 16.5. The van der Waals surface area contributed by atoms with Gasteiger partial charge in [0.2, 0.25) is 17.6 Å². The first-order chi connectivity index (χ1) is 15.0. The minimum atomic E-state index is -0.963. The van der Waals surface area contributed by atoms with Crippen LogP contribution < -0.4 is 4.90 Å². The molecule has 2 aliphatic carbocycles. The maximum absolute atomic E-state index is 13.0. The summed E-state index contributed by atoms with van der Waals surface area (Å²) >= 11 is 0. The van der Waals surface area contributed by atoms with E-state index in [1.54, 1.807) is 48.5 Å². The van der Waals surface area contributed by atoms with Gasteiger partial charge in [-0.3, -0.25) is 14.4 Å². The maximum atomic E-state index is 13.0. The van der Waals surface area contributed by atoms with E-state index in [1.807, 2.05) is 12.2 Å². The first-order valence-corrected chi connectivity index (χ1v) is 10.4. The van der Waals surface area contributed by atoms with Crippen molar-refractivity contribution in [3.05, 3.63) is 77.9 Å². The molecule has 6 nitrogen and oxygen atoms in total. The average molecular weight is 415 g/mol. The Hall–Kier alpha value is -3.54. The lowest BCUT2D eigenvalue weighted by Gasteiger charge is -2.18. The molecule has 2 aromatic carbocycles. The Morgan fingerprint density at radius 3 is 2.16 bits per heavy atom. The molecule has 1 saturated heterocycles. The molecule has 0 aromatic heterocycles. The van der Waals surface area contributed by atoms with E-state index in [0.29, 0.717) is 11.3 Å². The van der Waals surface area contributed by atoms with Crippen LogP contribution in [0.2, 0.25) is 0 Å². The molecule has 1 aliphatic heterocycles. The number of amides is 2. The van der Waals surface area contributed by atoms with Crippen LogP contribution in [0.5, 0.6) is 0 Å². The van der Waals surface area contributed by atoms with Crippen LogP contribution >= 0.6 is 0 Å². The number of anilines is 1. The van der Waals surface area contributed by atoms with Gasteiger partial charge >= 0.3 is 5.97 Å². The lowest BCUT2D eigenvalue weighted by Crippen LogP contribution is -2.33. The van der Waals surface area contributed by atoms with Crippen molar-refractivity contribution in [2.45, 2.75) is 19.4 Å². The number of rotatable bonds is 5. The number of carbonyl (C=O) groups is 4. The van der Waals surface area contributed by atoms with Crippen LogP contribution in [0.3, 0.4) is 0 Å². The van der Waals surface area contributed by atoms with E-state index < -0.39 is 12.1 Å². The van der Waals surface area contributed by atoms with E-state index in [2.05, 4.69) is 0 Å². The van der Waals surface area contributed by atoms with Gasteiger partial charge in [-0.15, -0.1) is 0 Å². The molecule has 5 atom stereocenters. The van der Waals surface area contributed by atoms with Gasteiger partial charge in [0.15, 0.2) is 6.10 Å². The zero-order valence-electron chi connectivity index (χ0n) is 16.9. The van der Waals surface area contributed by atoms with Crippen molar-refractivity contribution in [1.29, 1.82) is 0 Å². The van der Waals surface area contributed by atoms with Gasteiger partial charge < -0.3 is 4.74 Å². The fourth-order valence-electron chi connectivity index (χ4n) is 5.05. The fourth-order valence-corrected chi connectivity index (χ4v) is 5.05. The van der Waals surface area contributed by atoms with Crippen molar-refractivity contribution in [3.63, 3.8) is 0 Å². The number of ketones is 1. The fraction of sp³-hybridized carbons (Fsp3) is 0.280. The number of ether oxygens (including phenoxy) is 1. The standard InChI is InChI=1S/C25H21NO5/c1-14(22(27)15-6-3-2-4-7-15)31-25(30)18-8-5-9-19(13-18)26-23(28)20-16-10-11-17(12-16)21(20)24(26)29/h2-11,13-14,16-17,20-21H,12H2,1H3/t14-,16+,17+,20-,21+/m0/s1. The summed E-state index contributed by atoms with van der Waals surface area (Å²) in [6, 6.07) is 14.9. The topological polar surface area (TPSA) is 80.8 Å². The molecule has 1 saturated carbocycles. The van der Waals surface area contributed by atoms with Gasteiger partial charge in [0.05, 0.1) is 23.1 Å². The third-order valence-corrected chi connectivity index (χ3v) is 6.52. The van der Waals surface area contributed by atoms with E-state index in [0.717, 1.165) is 6.42 Å². The summed E-state index contributed by atoms with van der Waals surface area (Å²) in [7, 11) is 0. The summed E-state index contributed by atoms with van der Waals surface area (Å²) in [5.74, 6) is -1.76. The Morgan fingerprint density at radius 2 is 1.52 bits per heavy atom. The van der Waals surface area contributed by atoms with Crippen molar-refractivity contribution < 1.29 is 23.9 Å². The number of hydrogen-bond acceptors (Lipinski definition) is 5. The normalized spacial score (nSPS) is 26.8. The molecule has 5 rings (SSSR count). The molecule has 2 amide bonds. The molecule has 0 N–H and O–H groups in total. The van der Waals surface area contributed by atoms with Gasteiger partial charge in [0, 0.05) is 5.56 Å². The second kappa shape index (κ2) is 7.30. The molecule has 2 fully saturated rings. The molecule has 2 bridgehead atoms. The van der Waals surface area contributed by atoms with Gasteiger partial charge in [-0.2, -0.15) is 0 Å². The highest BCUT2D eigenvalue weighted by Gasteiger charge is 2.59. The summed E-state index contributed by atoms with van der Waals surface area (Å²) in [5, 5.41) is 0. The summed E-state index contributed by atoms with van der Waals surface area (Å²) in [6.07, 6.45) is 3.98. The van der Waals surface area contributed by atoms with Crippen LogP contribution in [-0.2, 0) is 14.3 Å². The zero-order chi connectivity index (χ0) is 21.7. The number of esters is 1. The van der Waals surface area contributed by atoms with Crippen LogP contribution in [0, 0.1) is 23.7 Å². The van der Waals surface area contributed by atoms with Crippen LogP contribution in [0.1, 0.15) is 34.1 Å². The van der Waals surface area contributed by atoms with Crippen molar-refractivity contribution in [2.24, 2.45) is 23.7 Å². The Kier molecular flexibility index (Phi) is 4.58. The number of Topliss-reactive ketones (excluding diaryl/α,β-unsaturated/α-hetero) is 1. The Labute approximate surface area is 179 Å². The van der Waals surface area contributed by atoms with Crippen LogP contribution in [0.25, 0.3) is 0 Å². The quantitative estimate of drug-likeness (QED) is 0.324. The van der Waals surface area contributed by atoms with E-state index in [9.17, 15) is 19.2 Å². The lowest BCUT2D eigenvalue weighted by molar-refractivity contribution is -0.123. The molecule has 1 heterocycles. The first kappa shape index (κ1) is 19.4. The zero-order valence-corrected chi connectivity index (χ0v) is 16.9. The van der Waals surface area contributed by atoms with Crippen LogP contribution in [0.4, 0.5) is 5.69 Å². The van der Waals surface area contributed by atoms with Crippen LogP contribution in [-0.4, -0.2) is 29.7 Å². The lowest BCUT2D eigenvalue weighted by atomic mass is 9.85. The molecule has 0 radical (unpaired) electrons. The van der Waals surface area contributed by atoms with Crippen molar-refractivity contribution >= 4 is 29.3 Å². The molecule has 31 heavy (non-hydrogen) atoms. The second-order valence-electron chi connectivity index (χ2n) is 8.34. The van der Waals surface area contributed by atoms with Crippen molar-refractivity contribution in [2.75, 3.05) is 4.90 Å². The smallest absolute Gasteiger partial charge is 0.338 e. The van der Waals surface area contributed by atoms with Gasteiger partial charge in [0.1, 0.15) is 0 Å². The second-order valence-corrected chi connectivity index (χ2v) is 8.34. The van der Waals surface area contributed by atoms with Gasteiger partial charge in [-0.1, -0.05) is 48.6 Å². The highest BCUT2D eigenvalue weighted by molar-refractivity contribution is 6.23. The molecular formula is C25H21NO5. The summed E-state index contributed by atoms with van der Waals surface area (Å²) in [4.78, 5) is 52.3. The van der Waals surface area contributed by atoms with E-state index >= 15 is 0 Å². The molecule has 3 aliphatic rings. The summed E-state index contributed by atoms with van der Waals surface area (Å²) in [6.45, 7) is 1.52. The maximum Gasteiger partial charge on any atom is 0.338 e. The van der Waals surface area contributed by atoms with Crippen LogP contribution in [0.15, 0.2) is 66.7 Å². The predicted molar refractivity (Wildman–Crippen MR) is 112 cm³/mol. The van der Waals surface area contributed by atoms with E-state index in [-0.39, 0.29) is 46.8 Å². The Balaban J connectivity index is 1.34. The predicted octanol–water partition coefficient (Wildman–Crippen LogP) is 3.43. The number of benzene rings is 2. The minimum absolute atomic E-state index is 0.120. The number of fused-ring (bicyclic) bond motifs is 5. The molecule has 156 valence electrons. The van der Waals surface area contributed by atoms with Crippen molar-refractivity contribution in [3.8, 4) is 0 Å². The monoisotopic (exact) mass is 415 g/mol. The van der Waals surface area contributed by atoms with Gasteiger partial charge in [-0.05, 0) is 43.4 Å². The van der Waals surface area contributed by atoms with E-state index in [4.69, 9.17) is 4.74 Å². The number of hydrogen-bond donors (Lipinski definition) is 0. The Bertz CT molecular complexity index is 1090. The number of carbonyl (C=O) groups excluding carboxylic acids is 4. The number of allylic oxidation sites excluding steroid dienone is 2. The molecule has 2 aromatic rings. The van der Waals surface area contributed by atoms with Gasteiger partial charge in [0.25, 0.3) is 0 Å². The number of imide groups is 1. The minimum Gasteiger partial charge on any atom is -0.451 e. The SMILES string of the molecule is C[C@H](OC(=O)c1cccc(N2C(=O)[C@@H]3[C@H](C2=O)[C@@H]2C=C[C@@H]3C2)c1)C(=O)c1ccccc1. The summed E-state index contributed by atoms with van der Waals surface area (Å²) in [5.41, 5.74) is 1.00. The molecule has 0 spiro atoms. The number of nitrogens with zero attached hydrogens (tertiary/aromatic N) is 1. The molecular weight excluding hydrogens is 394 g/mol. The largest absolute Gasteiger partial charge is 0.451 e. The summed E-state index contributed by atoms with van der Waals surface area (Å²) < 4.78 is 5.36. The average Bonchev–Trinajstić information content (AvgIpc) is 3.47. The highest BCUT2D eigenvalue weighted by Crippen LogP contribution is 2.53. The first-order valence-electron chi connectivity index (χ1n) is 10.4. The van der Waals surface area contributed by atoms with E-state index in [1.165, 1.54) is 17.9 Å². The van der Waals surface area contributed by atoms with Gasteiger partial charge in [-0.25, -0.2) is 9.69 Å². The van der Waals surface area contributed by atoms with Crippen molar-refractivity contribution in [1.82, 2.24) is 0 Å². The Morgan fingerprint density at radius 1 is 0.903 bits per heavy atom. The molecule has 0 unspecified atom stereocenters. The molecule has 6 heteroatoms.